The quantitative estimate of drug-likeness (QED) is 0.484. The Hall–Kier alpha value is -2.31. The van der Waals surface area contributed by atoms with Crippen molar-refractivity contribution >= 4 is 43.4 Å². The molecule has 1 aliphatic rings. The molecule has 0 bridgehead atoms. The molecule has 10 nitrogen and oxygen atoms in total. The zero-order valence-electron chi connectivity index (χ0n) is 15.2. The van der Waals surface area contributed by atoms with Gasteiger partial charge in [0.2, 0.25) is 10.0 Å². The molecule has 12 heteroatoms. The zero-order valence-corrected chi connectivity index (χ0v) is 17.6. The van der Waals surface area contributed by atoms with E-state index < -0.39 is 14.9 Å². The Kier molecular flexibility index (Phi) is 5.55. The highest BCUT2D eigenvalue weighted by atomic mass is 79.9. The molecule has 0 saturated heterocycles. The van der Waals surface area contributed by atoms with Crippen molar-refractivity contribution in [2.45, 2.75) is 24.3 Å². The number of nitro groups is 1. The monoisotopic (exact) mass is 471 g/mol. The molecule has 0 spiro atoms. The van der Waals surface area contributed by atoms with Gasteiger partial charge in [-0.3, -0.25) is 4.79 Å². The van der Waals surface area contributed by atoms with Gasteiger partial charge in [-0.05, 0) is 57.5 Å². The van der Waals surface area contributed by atoms with Gasteiger partial charge in [-0.15, -0.1) is 0 Å². The van der Waals surface area contributed by atoms with Crippen molar-refractivity contribution in [3.05, 3.63) is 44.5 Å². The lowest BCUT2D eigenvalue weighted by atomic mass is 10.0. The Morgan fingerprint density at radius 2 is 2.11 bits per heavy atom. The molecule has 1 aromatic heterocycles. The summed E-state index contributed by atoms with van der Waals surface area (Å²) in [7, 11) is -0.631. The van der Waals surface area contributed by atoms with Crippen LogP contribution < -0.4 is 4.90 Å². The van der Waals surface area contributed by atoms with E-state index in [-0.39, 0.29) is 27.6 Å². The van der Waals surface area contributed by atoms with E-state index in [2.05, 4.69) is 21.0 Å². The van der Waals surface area contributed by atoms with Crippen LogP contribution in [0.3, 0.4) is 0 Å². The Morgan fingerprint density at radius 1 is 1.39 bits per heavy atom. The fourth-order valence-corrected chi connectivity index (χ4v) is 4.43. The zero-order chi connectivity index (χ0) is 20.6. The van der Waals surface area contributed by atoms with Crippen molar-refractivity contribution in [2.24, 2.45) is 0 Å². The summed E-state index contributed by atoms with van der Waals surface area (Å²) in [5, 5.41) is 14.7. The number of hydrogen-bond acceptors (Lipinski definition) is 6. The van der Waals surface area contributed by atoms with Gasteiger partial charge >= 0.3 is 5.82 Å². The van der Waals surface area contributed by atoms with Gasteiger partial charge < -0.3 is 15.0 Å². The van der Waals surface area contributed by atoms with Crippen LogP contribution in [-0.2, 0) is 27.8 Å². The van der Waals surface area contributed by atoms with E-state index in [1.54, 1.807) is 17.0 Å². The Morgan fingerprint density at radius 3 is 2.71 bits per heavy atom. The van der Waals surface area contributed by atoms with Crippen LogP contribution in [0, 0.1) is 10.1 Å². The summed E-state index contributed by atoms with van der Waals surface area (Å²) in [6, 6.07) is 4.71. The van der Waals surface area contributed by atoms with E-state index in [0.717, 1.165) is 9.87 Å². The van der Waals surface area contributed by atoms with Gasteiger partial charge in [0, 0.05) is 26.3 Å². The third-order valence-electron chi connectivity index (χ3n) is 4.42. The molecule has 0 fully saturated rings. The second kappa shape index (κ2) is 7.60. The normalized spacial score (nSPS) is 14.2. The summed E-state index contributed by atoms with van der Waals surface area (Å²) in [4.78, 5) is 24.8. The second-order valence-corrected chi connectivity index (χ2v) is 9.49. The van der Waals surface area contributed by atoms with Crippen molar-refractivity contribution in [2.75, 3.05) is 25.5 Å². The van der Waals surface area contributed by atoms with Crippen LogP contribution >= 0.6 is 15.9 Å². The van der Waals surface area contributed by atoms with Crippen LogP contribution in [0.25, 0.3) is 0 Å². The fraction of sp³-hybridized carbons (Fsp3) is 0.375. The summed E-state index contributed by atoms with van der Waals surface area (Å²) < 4.78 is 27.2. The molecule has 150 valence electrons. The van der Waals surface area contributed by atoms with E-state index in [9.17, 15) is 23.3 Å². The predicted octanol–water partition coefficient (Wildman–Crippen LogP) is 1.78. The highest BCUT2D eigenvalue weighted by Crippen LogP contribution is 2.30. The minimum atomic E-state index is -3.56. The minimum Gasteiger partial charge on any atom is -0.358 e. The van der Waals surface area contributed by atoms with Crippen molar-refractivity contribution in [3.8, 4) is 0 Å². The first-order valence-electron chi connectivity index (χ1n) is 8.34. The van der Waals surface area contributed by atoms with Crippen molar-refractivity contribution in [1.82, 2.24) is 14.1 Å². The number of hydrogen-bond donors (Lipinski definition) is 0. The van der Waals surface area contributed by atoms with E-state index in [0.29, 0.717) is 25.1 Å². The number of anilines is 1. The smallest absolute Gasteiger partial charge is 0.358 e. The van der Waals surface area contributed by atoms with Gasteiger partial charge in [-0.2, -0.15) is 4.68 Å². The summed E-state index contributed by atoms with van der Waals surface area (Å²) >= 11 is 3.06. The molecule has 2 heterocycles. The highest BCUT2D eigenvalue weighted by molar-refractivity contribution is 9.10. The van der Waals surface area contributed by atoms with Gasteiger partial charge in [0.25, 0.3) is 5.91 Å². The number of nitrogens with zero attached hydrogens (tertiary/aromatic N) is 5. The summed E-state index contributed by atoms with van der Waals surface area (Å²) in [5.74, 6) is -0.639. The number of aryl methyl sites for hydroxylation is 1. The summed E-state index contributed by atoms with van der Waals surface area (Å²) in [6.45, 7) is 0.319. The number of fused-ring (bicyclic) bond motifs is 1. The highest BCUT2D eigenvalue weighted by Gasteiger charge is 2.27. The topological polar surface area (TPSA) is 119 Å². The van der Waals surface area contributed by atoms with E-state index in [1.807, 2.05) is 0 Å². The third kappa shape index (κ3) is 3.80. The standard InChI is InChI=1S/C16H18BrN5O5S/c1-19(2)28(26,27)12-5-6-14-11(8-12)4-3-7-21(14)15(23)10-20-9-13(17)16(18-20)22(24)25/h5-6,8-9H,3-4,7,10H2,1-2H3. The summed E-state index contributed by atoms with van der Waals surface area (Å²) in [6.07, 6.45) is 2.73. The van der Waals surface area contributed by atoms with Crippen LogP contribution in [0.2, 0.25) is 0 Å². The molecule has 3 rings (SSSR count). The largest absolute Gasteiger partial charge is 0.404 e. The van der Waals surface area contributed by atoms with E-state index >= 15 is 0 Å². The molecular formula is C16H18BrN5O5S. The molecular weight excluding hydrogens is 454 g/mol. The van der Waals surface area contributed by atoms with Gasteiger partial charge in [0.1, 0.15) is 11.0 Å². The fourth-order valence-electron chi connectivity index (χ4n) is 3.02. The Balaban J connectivity index is 1.87. The van der Waals surface area contributed by atoms with Gasteiger partial charge in [0.05, 0.1) is 16.2 Å². The van der Waals surface area contributed by atoms with Crippen molar-refractivity contribution < 1.29 is 18.1 Å². The van der Waals surface area contributed by atoms with Crippen molar-refractivity contribution in [1.29, 1.82) is 0 Å². The third-order valence-corrected chi connectivity index (χ3v) is 6.79. The summed E-state index contributed by atoms with van der Waals surface area (Å²) in [5.41, 5.74) is 1.42. The Bertz CT molecular complexity index is 1050. The van der Waals surface area contributed by atoms with Crippen LogP contribution in [0.4, 0.5) is 11.5 Å². The molecule has 0 radical (unpaired) electrons. The number of sulfonamides is 1. The first kappa shape index (κ1) is 20.4. The number of carbonyl (C=O) groups excluding carboxylic acids is 1. The maximum atomic E-state index is 12.8. The molecule has 0 saturated carbocycles. The molecule has 0 unspecified atom stereocenters. The molecule has 0 atom stereocenters. The number of rotatable bonds is 5. The number of aromatic nitrogens is 2. The van der Waals surface area contributed by atoms with Gasteiger partial charge in [-0.25, -0.2) is 12.7 Å². The Labute approximate surface area is 170 Å². The van der Waals surface area contributed by atoms with Gasteiger partial charge in [-0.1, -0.05) is 0 Å². The maximum Gasteiger partial charge on any atom is 0.404 e. The van der Waals surface area contributed by atoms with Crippen LogP contribution in [0.15, 0.2) is 33.8 Å². The molecule has 0 aliphatic carbocycles. The average Bonchev–Trinajstić information content (AvgIpc) is 3.00. The molecule has 1 aromatic carbocycles. The number of halogens is 1. The van der Waals surface area contributed by atoms with Crippen LogP contribution in [-0.4, -0.2) is 54.0 Å². The van der Waals surface area contributed by atoms with Crippen molar-refractivity contribution in [3.63, 3.8) is 0 Å². The minimum absolute atomic E-state index is 0.163. The molecule has 1 amide bonds. The second-order valence-electron chi connectivity index (χ2n) is 6.48. The SMILES string of the molecule is CN(C)S(=O)(=O)c1ccc2c(c1)CCCN2C(=O)Cn1cc(Br)c([N+](=O)[O-])n1. The molecule has 2 aromatic rings. The van der Waals surface area contributed by atoms with Gasteiger partial charge in [0.15, 0.2) is 0 Å². The van der Waals surface area contributed by atoms with Crippen LogP contribution in [0.1, 0.15) is 12.0 Å². The maximum absolute atomic E-state index is 12.8. The first-order chi connectivity index (χ1) is 13.1. The lowest BCUT2D eigenvalue weighted by Gasteiger charge is -2.29. The molecule has 1 aliphatic heterocycles. The van der Waals surface area contributed by atoms with E-state index in [1.165, 1.54) is 31.0 Å². The molecule has 28 heavy (non-hydrogen) atoms. The number of amides is 1. The lowest BCUT2D eigenvalue weighted by molar-refractivity contribution is -0.390. The van der Waals surface area contributed by atoms with Crippen LogP contribution in [0.5, 0.6) is 0 Å². The van der Waals surface area contributed by atoms with E-state index in [4.69, 9.17) is 0 Å². The lowest BCUT2D eigenvalue weighted by Crippen LogP contribution is -2.38. The predicted molar refractivity (Wildman–Crippen MR) is 105 cm³/mol. The average molecular weight is 472 g/mol. The number of benzene rings is 1. The number of carbonyl (C=O) groups is 1. The first-order valence-corrected chi connectivity index (χ1v) is 10.6. The molecule has 0 N–H and O–H groups in total.